The number of hydrazone groups is 1. The smallest absolute Gasteiger partial charge is 0.342 e. The van der Waals surface area contributed by atoms with Crippen LogP contribution in [0, 0.1) is 0 Å². The Morgan fingerprint density at radius 2 is 2.04 bits per heavy atom. The number of halogens is 1. The van der Waals surface area contributed by atoms with Crippen LogP contribution in [-0.4, -0.2) is 33.8 Å². The molecule has 0 unspecified atom stereocenters. The number of carbonyl (C=O) groups excluding carboxylic acids is 1. The molecule has 1 aromatic carbocycles. The fourth-order valence-electron chi connectivity index (χ4n) is 1.55. The minimum Gasteiger partial charge on any atom is -0.364 e. The molecule has 120 valence electrons. The van der Waals surface area contributed by atoms with E-state index < -0.39 is 11.2 Å². The predicted octanol–water partition coefficient (Wildman–Crippen LogP) is 0.173. The van der Waals surface area contributed by atoms with E-state index in [-0.39, 0.29) is 24.7 Å². The summed E-state index contributed by atoms with van der Waals surface area (Å²) in [6.07, 6.45) is 1.60. The van der Waals surface area contributed by atoms with E-state index in [0.717, 1.165) is 10.0 Å². The molecule has 2 aromatic rings. The van der Waals surface area contributed by atoms with Crippen molar-refractivity contribution >= 4 is 33.9 Å². The van der Waals surface area contributed by atoms with E-state index in [9.17, 15) is 14.4 Å². The van der Waals surface area contributed by atoms with Gasteiger partial charge in [-0.25, -0.2) is 15.3 Å². The molecule has 0 aliphatic rings. The second-order valence-corrected chi connectivity index (χ2v) is 5.29. The topological polar surface area (TPSA) is 132 Å². The first-order valence-corrected chi connectivity index (χ1v) is 7.34. The SMILES string of the molecule is O=C(CCNc1n[nH]c(=O)[nH]c1=O)NN=Cc1ccc(Br)cc1. The quantitative estimate of drug-likeness (QED) is 0.419. The highest BCUT2D eigenvalue weighted by atomic mass is 79.9. The van der Waals surface area contributed by atoms with Gasteiger partial charge in [0.15, 0.2) is 0 Å². The zero-order chi connectivity index (χ0) is 16.7. The molecule has 0 saturated carbocycles. The van der Waals surface area contributed by atoms with Gasteiger partial charge in [-0.15, -0.1) is 5.10 Å². The van der Waals surface area contributed by atoms with Crippen LogP contribution in [0.5, 0.6) is 0 Å². The maximum absolute atomic E-state index is 11.6. The van der Waals surface area contributed by atoms with Gasteiger partial charge in [-0.1, -0.05) is 28.1 Å². The van der Waals surface area contributed by atoms with E-state index in [1.807, 2.05) is 29.2 Å². The molecule has 1 aromatic heterocycles. The lowest BCUT2D eigenvalue weighted by molar-refractivity contribution is -0.120. The number of aromatic amines is 2. The molecule has 4 N–H and O–H groups in total. The predicted molar refractivity (Wildman–Crippen MR) is 88.5 cm³/mol. The number of benzene rings is 1. The Morgan fingerprint density at radius 1 is 1.30 bits per heavy atom. The summed E-state index contributed by atoms with van der Waals surface area (Å²) in [4.78, 5) is 35.7. The first-order valence-electron chi connectivity index (χ1n) is 6.55. The summed E-state index contributed by atoms with van der Waals surface area (Å²) in [5.41, 5.74) is 1.87. The first-order chi connectivity index (χ1) is 11.0. The Labute approximate surface area is 138 Å². The highest BCUT2D eigenvalue weighted by Gasteiger charge is 2.03. The van der Waals surface area contributed by atoms with Gasteiger partial charge in [0.25, 0.3) is 5.56 Å². The normalized spacial score (nSPS) is 10.7. The average Bonchev–Trinajstić information content (AvgIpc) is 2.51. The summed E-state index contributed by atoms with van der Waals surface area (Å²) in [7, 11) is 0. The summed E-state index contributed by atoms with van der Waals surface area (Å²) in [5.74, 6) is -0.387. The van der Waals surface area contributed by atoms with Crippen LogP contribution in [0.2, 0.25) is 0 Å². The van der Waals surface area contributed by atoms with Crippen LogP contribution in [0.1, 0.15) is 12.0 Å². The van der Waals surface area contributed by atoms with Gasteiger partial charge in [-0.3, -0.25) is 14.6 Å². The molecule has 10 heteroatoms. The van der Waals surface area contributed by atoms with Gasteiger partial charge >= 0.3 is 5.69 Å². The van der Waals surface area contributed by atoms with Crippen molar-refractivity contribution in [2.75, 3.05) is 11.9 Å². The van der Waals surface area contributed by atoms with Crippen molar-refractivity contribution in [3.05, 3.63) is 55.1 Å². The van der Waals surface area contributed by atoms with Crippen LogP contribution in [-0.2, 0) is 4.79 Å². The molecule has 23 heavy (non-hydrogen) atoms. The number of anilines is 1. The van der Waals surface area contributed by atoms with Gasteiger partial charge in [0.1, 0.15) is 0 Å². The highest BCUT2D eigenvalue weighted by molar-refractivity contribution is 9.10. The monoisotopic (exact) mass is 380 g/mol. The van der Waals surface area contributed by atoms with Crippen LogP contribution in [0.4, 0.5) is 5.82 Å². The van der Waals surface area contributed by atoms with E-state index in [1.54, 1.807) is 0 Å². The van der Waals surface area contributed by atoms with Crippen LogP contribution in [0.25, 0.3) is 0 Å². The summed E-state index contributed by atoms with van der Waals surface area (Å²) >= 11 is 3.32. The summed E-state index contributed by atoms with van der Waals surface area (Å²) in [6, 6.07) is 7.41. The van der Waals surface area contributed by atoms with Crippen LogP contribution < -0.4 is 22.0 Å². The minimum absolute atomic E-state index is 0.0595. The molecular formula is C13H13BrN6O3. The van der Waals surface area contributed by atoms with E-state index in [0.29, 0.717) is 0 Å². The molecule has 0 atom stereocenters. The Morgan fingerprint density at radius 3 is 2.74 bits per heavy atom. The number of rotatable bonds is 6. The molecule has 0 spiro atoms. The van der Waals surface area contributed by atoms with E-state index in [1.165, 1.54) is 6.21 Å². The fourth-order valence-corrected chi connectivity index (χ4v) is 1.81. The van der Waals surface area contributed by atoms with Crippen molar-refractivity contribution in [2.45, 2.75) is 6.42 Å². The van der Waals surface area contributed by atoms with Crippen LogP contribution in [0.3, 0.4) is 0 Å². The third-order valence-corrected chi connectivity index (χ3v) is 3.16. The lowest BCUT2D eigenvalue weighted by Crippen LogP contribution is -2.28. The van der Waals surface area contributed by atoms with Crippen molar-refractivity contribution in [3.8, 4) is 0 Å². The number of nitrogens with one attached hydrogen (secondary N) is 4. The summed E-state index contributed by atoms with van der Waals surface area (Å²) in [6.45, 7) is 0.168. The third kappa shape index (κ3) is 5.51. The summed E-state index contributed by atoms with van der Waals surface area (Å²) in [5, 5.41) is 12.1. The van der Waals surface area contributed by atoms with Crippen molar-refractivity contribution in [2.24, 2.45) is 5.10 Å². The van der Waals surface area contributed by atoms with Gasteiger partial charge in [0.2, 0.25) is 11.7 Å². The fraction of sp³-hybridized carbons (Fsp3) is 0.154. The number of carbonyl (C=O) groups is 1. The van der Waals surface area contributed by atoms with Gasteiger partial charge in [-0.05, 0) is 17.7 Å². The molecule has 2 rings (SSSR count). The zero-order valence-electron chi connectivity index (χ0n) is 11.8. The molecule has 1 heterocycles. The number of aromatic nitrogens is 3. The van der Waals surface area contributed by atoms with Crippen LogP contribution >= 0.6 is 15.9 Å². The standard InChI is InChI=1S/C13H13BrN6O3/c14-9-3-1-8(2-4-9)7-16-18-10(21)5-6-15-11-12(22)17-13(23)20-19-11/h1-4,7H,5-6H2,(H,15,19)(H,18,21)(H2,17,20,22,23). The molecule has 0 radical (unpaired) electrons. The largest absolute Gasteiger partial charge is 0.364 e. The Kier molecular flexibility index (Phi) is 5.80. The van der Waals surface area contributed by atoms with E-state index in [2.05, 4.69) is 42.0 Å². The first kappa shape index (κ1) is 16.6. The highest BCUT2D eigenvalue weighted by Crippen LogP contribution is 2.08. The average molecular weight is 381 g/mol. The zero-order valence-corrected chi connectivity index (χ0v) is 13.4. The molecule has 1 amide bonds. The van der Waals surface area contributed by atoms with Gasteiger partial charge in [0.05, 0.1) is 6.21 Å². The Balaban J connectivity index is 1.75. The van der Waals surface area contributed by atoms with Crippen molar-refractivity contribution in [1.29, 1.82) is 0 Å². The van der Waals surface area contributed by atoms with Gasteiger partial charge in [0, 0.05) is 17.4 Å². The number of H-pyrrole nitrogens is 2. The van der Waals surface area contributed by atoms with Crippen molar-refractivity contribution in [1.82, 2.24) is 20.6 Å². The molecular weight excluding hydrogens is 368 g/mol. The Bertz CT molecular complexity index is 811. The van der Waals surface area contributed by atoms with Crippen molar-refractivity contribution in [3.63, 3.8) is 0 Å². The molecule has 0 aliphatic carbocycles. The number of hydrogen-bond donors (Lipinski definition) is 4. The van der Waals surface area contributed by atoms with E-state index >= 15 is 0 Å². The van der Waals surface area contributed by atoms with Crippen molar-refractivity contribution < 1.29 is 4.79 Å². The lowest BCUT2D eigenvalue weighted by atomic mass is 10.2. The Hall–Kier alpha value is -2.75. The van der Waals surface area contributed by atoms with Gasteiger partial charge in [-0.2, -0.15) is 5.10 Å². The second-order valence-electron chi connectivity index (χ2n) is 4.38. The third-order valence-electron chi connectivity index (χ3n) is 2.63. The number of amides is 1. The molecule has 0 fully saturated rings. The van der Waals surface area contributed by atoms with Gasteiger partial charge < -0.3 is 5.32 Å². The molecule has 0 saturated heterocycles. The number of nitrogens with zero attached hydrogens (tertiary/aromatic N) is 2. The van der Waals surface area contributed by atoms with Crippen LogP contribution in [0.15, 0.2) is 43.4 Å². The molecule has 0 aliphatic heterocycles. The second kappa shape index (κ2) is 8.03. The number of hydrogen-bond acceptors (Lipinski definition) is 6. The lowest BCUT2D eigenvalue weighted by Gasteiger charge is -2.02. The molecule has 0 bridgehead atoms. The van der Waals surface area contributed by atoms with E-state index in [4.69, 9.17) is 0 Å². The minimum atomic E-state index is -0.694. The summed E-state index contributed by atoms with van der Waals surface area (Å²) < 4.78 is 0.954. The maximum atomic E-state index is 11.6. The molecule has 9 nitrogen and oxygen atoms in total. The maximum Gasteiger partial charge on any atom is 0.342 e.